The molecule has 266 valence electrons. The van der Waals surface area contributed by atoms with Crippen molar-refractivity contribution in [2.45, 2.75) is 128 Å². The lowest BCUT2D eigenvalue weighted by Gasteiger charge is -2.37. The Bertz CT molecular complexity index is 1420. The molecule has 0 spiro atoms. The molecule has 0 heterocycles. The Hall–Kier alpha value is -2.39. The molecule has 0 saturated carbocycles. The van der Waals surface area contributed by atoms with Crippen molar-refractivity contribution in [3.63, 3.8) is 0 Å². The SMILES string of the molecule is CCC(=CC=CC(O)(C(F)(F)F)C(F)(F)F)c1cccc(OCc2ccc(C(C)(C)O[Si]C(C)(C)C)c(C(C)(C)O[Si]C(C)(C)C)c2)c1. The van der Waals surface area contributed by atoms with E-state index in [9.17, 15) is 31.4 Å². The maximum Gasteiger partial charge on any atom is 0.430 e. The molecule has 12 heteroatoms. The van der Waals surface area contributed by atoms with E-state index in [0.717, 1.165) is 22.8 Å². The van der Waals surface area contributed by atoms with Crippen LogP contribution in [0.3, 0.4) is 0 Å². The third kappa shape index (κ3) is 11.6. The van der Waals surface area contributed by atoms with Crippen molar-refractivity contribution >= 4 is 25.1 Å². The van der Waals surface area contributed by atoms with E-state index >= 15 is 0 Å². The zero-order valence-electron chi connectivity index (χ0n) is 29.6. The molecule has 48 heavy (non-hydrogen) atoms. The van der Waals surface area contributed by atoms with Gasteiger partial charge < -0.3 is 18.7 Å². The fourth-order valence-corrected chi connectivity index (χ4v) is 5.74. The molecule has 2 rings (SSSR count). The number of hydrogen-bond donors (Lipinski definition) is 1. The monoisotopic (exact) mass is 714 g/mol. The molecular formula is C36H48F6O4Si2. The Labute approximate surface area is 286 Å². The maximum absolute atomic E-state index is 13.1. The molecule has 2 aromatic rings. The van der Waals surface area contributed by atoms with Gasteiger partial charge in [-0.2, -0.15) is 26.3 Å². The second kappa shape index (κ2) is 15.2. The summed E-state index contributed by atoms with van der Waals surface area (Å²) in [6.07, 6.45) is -10.2. The molecule has 0 saturated heterocycles. The first-order valence-electron chi connectivity index (χ1n) is 15.6. The van der Waals surface area contributed by atoms with Crippen molar-refractivity contribution in [1.29, 1.82) is 0 Å². The smallest absolute Gasteiger partial charge is 0.430 e. The minimum absolute atomic E-state index is 0.00193. The Balaban J connectivity index is 2.41. The first-order chi connectivity index (χ1) is 21.6. The Morgan fingerprint density at radius 2 is 1.25 bits per heavy atom. The van der Waals surface area contributed by atoms with E-state index in [4.69, 9.17) is 13.6 Å². The number of benzene rings is 2. The zero-order chi connectivity index (χ0) is 37.0. The zero-order valence-corrected chi connectivity index (χ0v) is 31.6. The third-order valence-electron chi connectivity index (χ3n) is 7.10. The van der Waals surface area contributed by atoms with Gasteiger partial charge in [-0.15, -0.1) is 0 Å². The quantitative estimate of drug-likeness (QED) is 0.127. The van der Waals surface area contributed by atoms with E-state index in [1.54, 1.807) is 31.2 Å². The van der Waals surface area contributed by atoms with Gasteiger partial charge in [-0.25, -0.2) is 0 Å². The minimum Gasteiger partial charge on any atom is -0.489 e. The highest BCUT2D eigenvalue weighted by Crippen LogP contribution is 2.44. The van der Waals surface area contributed by atoms with Crippen LogP contribution in [0, 0.1) is 0 Å². The van der Waals surface area contributed by atoms with Gasteiger partial charge in [0.05, 0.1) is 11.2 Å². The molecular weight excluding hydrogens is 667 g/mol. The largest absolute Gasteiger partial charge is 0.489 e. The molecule has 0 atom stereocenters. The predicted octanol–water partition coefficient (Wildman–Crippen LogP) is 10.6. The molecule has 1 N–H and O–H groups in total. The summed E-state index contributed by atoms with van der Waals surface area (Å²) in [5.74, 6) is 0.461. The van der Waals surface area contributed by atoms with Crippen LogP contribution in [0.5, 0.6) is 5.75 Å². The summed E-state index contributed by atoms with van der Waals surface area (Å²) in [5.41, 5.74) is -2.37. The molecule has 0 aliphatic carbocycles. The second-order valence-corrected chi connectivity index (χ2v) is 18.6. The molecule has 4 nitrogen and oxygen atoms in total. The van der Waals surface area contributed by atoms with Crippen LogP contribution < -0.4 is 4.74 Å². The van der Waals surface area contributed by atoms with Crippen molar-refractivity contribution in [3.05, 3.63) is 82.9 Å². The summed E-state index contributed by atoms with van der Waals surface area (Å²) in [5, 5.41) is 9.39. The highest BCUT2D eigenvalue weighted by atomic mass is 28.2. The molecule has 0 aliphatic heterocycles. The van der Waals surface area contributed by atoms with Crippen LogP contribution in [0.2, 0.25) is 10.1 Å². The number of rotatable bonds is 13. The molecule has 0 unspecified atom stereocenters. The van der Waals surface area contributed by atoms with E-state index in [0.29, 0.717) is 29.4 Å². The number of halogens is 6. The normalized spacial score (nSPS) is 14.6. The highest BCUT2D eigenvalue weighted by molar-refractivity contribution is 6.32. The van der Waals surface area contributed by atoms with Gasteiger partial charge in [-0.1, -0.05) is 84.9 Å². The topological polar surface area (TPSA) is 47.9 Å². The van der Waals surface area contributed by atoms with Crippen molar-refractivity contribution in [3.8, 4) is 5.75 Å². The van der Waals surface area contributed by atoms with Gasteiger partial charge in [0.1, 0.15) is 12.4 Å². The van der Waals surface area contributed by atoms with Crippen molar-refractivity contribution in [1.82, 2.24) is 0 Å². The van der Waals surface area contributed by atoms with Crippen LogP contribution in [0.4, 0.5) is 26.3 Å². The van der Waals surface area contributed by atoms with Gasteiger partial charge in [-0.05, 0) is 96.3 Å². The fourth-order valence-electron chi connectivity index (χ4n) is 4.40. The van der Waals surface area contributed by atoms with Crippen molar-refractivity contribution in [2.75, 3.05) is 0 Å². The number of allylic oxidation sites excluding steroid dienone is 3. The average molecular weight is 715 g/mol. The van der Waals surface area contributed by atoms with Gasteiger partial charge >= 0.3 is 12.4 Å². The minimum atomic E-state index is -5.93. The third-order valence-corrected chi connectivity index (χ3v) is 9.55. The first kappa shape index (κ1) is 41.8. The molecule has 4 radical (unpaired) electrons. The van der Waals surface area contributed by atoms with Crippen LogP contribution in [0.1, 0.15) is 105 Å². The molecule has 0 amide bonds. The Morgan fingerprint density at radius 1 is 0.729 bits per heavy atom. The van der Waals surface area contributed by atoms with E-state index in [1.165, 1.54) is 0 Å². The van der Waals surface area contributed by atoms with Crippen molar-refractivity contribution < 1.29 is 45.0 Å². The summed E-state index contributed by atoms with van der Waals surface area (Å²) >= 11 is 0. The summed E-state index contributed by atoms with van der Waals surface area (Å²) in [4.78, 5) is 0. The lowest BCUT2D eigenvalue weighted by atomic mass is 9.84. The van der Waals surface area contributed by atoms with E-state index < -0.39 is 29.2 Å². The second-order valence-electron chi connectivity index (χ2n) is 14.8. The fraction of sp³-hybridized carbons (Fsp3) is 0.556. The number of ether oxygens (including phenoxy) is 1. The van der Waals surface area contributed by atoms with Gasteiger partial charge in [-0.3, -0.25) is 0 Å². The standard InChI is InChI=1S/C36H48F6O4Si2/c1-12-25(16-14-20-34(43,35(37,38)39)36(40,41)42)26-15-13-17-27(22-26)44-23-24-18-19-28(32(8,9)45-47-30(2,3)4)29(21-24)33(10,11)46-48-31(5,6)7/h13-22,43H,12,23H2,1-11H3. The number of alkyl halides is 6. The van der Waals surface area contributed by atoms with Crippen LogP contribution in [-0.4, -0.2) is 42.6 Å². The van der Waals surface area contributed by atoms with Gasteiger partial charge in [0.15, 0.2) is 0 Å². The van der Waals surface area contributed by atoms with Gasteiger partial charge in [0.25, 0.3) is 5.60 Å². The molecule has 0 aromatic heterocycles. The lowest BCUT2D eigenvalue weighted by molar-refractivity contribution is -0.347. The van der Waals surface area contributed by atoms with E-state index in [2.05, 4.69) is 61.5 Å². The summed E-state index contributed by atoms with van der Waals surface area (Å²) in [7, 11) is 0.517. The Kier molecular flexibility index (Phi) is 13.3. The van der Waals surface area contributed by atoms with Crippen LogP contribution in [0.25, 0.3) is 5.57 Å². The van der Waals surface area contributed by atoms with E-state index in [1.807, 2.05) is 26.0 Å². The Morgan fingerprint density at radius 3 is 1.73 bits per heavy atom. The molecule has 0 bridgehead atoms. The van der Waals surface area contributed by atoms with Crippen molar-refractivity contribution in [2.24, 2.45) is 0 Å². The number of hydrogen-bond acceptors (Lipinski definition) is 4. The molecule has 0 aliphatic rings. The summed E-state index contributed by atoms with van der Waals surface area (Å²) < 4.78 is 97.5. The van der Waals surface area contributed by atoms with Gasteiger partial charge in [0, 0.05) is 0 Å². The van der Waals surface area contributed by atoms with Gasteiger partial charge in [0.2, 0.25) is 19.5 Å². The predicted molar refractivity (Wildman–Crippen MR) is 181 cm³/mol. The van der Waals surface area contributed by atoms with Crippen LogP contribution in [0.15, 0.2) is 60.7 Å². The van der Waals surface area contributed by atoms with Crippen LogP contribution in [-0.2, 0) is 26.7 Å². The lowest BCUT2D eigenvalue weighted by Crippen LogP contribution is -2.55. The first-order valence-corrected chi connectivity index (χ1v) is 17.5. The van der Waals surface area contributed by atoms with E-state index in [-0.39, 0.29) is 42.3 Å². The molecule has 2 aromatic carbocycles. The maximum atomic E-state index is 13.1. The van der Waals surface area contributed by atoms with Crippen LogP contribution >= 0.6 is 0 Å². The molecule has 0 fully saturated rings. The summed E-state index contributed by atoms with van der Waals surface area (Å²) in [6.45, 7) is 22.9. The summed E-state index contributed by atoms with van der Waals surface area (Å²) in [6, 6.07) is 12.8. The average Bonchev–Trinajstić information content (AvgIpc) is 2.94. The highest BCUT2D eigenvalue weighted by Gasteiger charge is 2.68. The number of aliphatic hydroxyl groups is 1.